The van der Waals surface area contributed by atoms with E-state index in [4.69, 9.17) is 9.47 Å². The SMILES string of the molecule is COC1=C2CC(C(C)(C)O)OC2[NH+](C)c2c(O)cccc21. The molecule has 2 heterocycles. The Bertz CT molecular complexity index is 603. The molecule has 1 aromatic carbocycles. The third-order valence-electron chi connectivity index (χ3n) is 4.38. The van der Waals surface area contributed by atoms with Crippen LogP contribution in [0.25, 0.3) is 5.76 Å². The summed E-state index contributed by atoms with van der Waals surface area (Å²) in [7, 11) is 3.59. The van der Waals surface area contributed by atoms with E-state index in [0.29, 0.717) is 6.42 Å². The summed E-state index contributed by atoms with van der Waals surface area (Å²) in [5, 5.41) is 20.4. The zero-order chi connectivity index (χ0) is 15.4. The molecule has 1 aromatic rings. The molecular formula is C16H22NO4+. The average Bonchev–Trinajstić information content (AvgIpc) is 2.84. The van der Waals surface area contributed by atoms with Gasteiger partial charge in [-0.05, 0) is 26.0 Å². The van der Waals surface area contributed by atoms with Gasteiger partial charge in [-0.25, -0.2) is 0 Å². The van der Waals surface area contributed by atoms with E-state index in [0.717, 1.165) is 27.5 Å². The first-order valence-corrected chi connectivity index (χ1v) is 7.15. The molecule has 5 nitrogen and oxygen atoms in total. The molecule has 0 spiro atoms. The normalized spacial score (nSPS) is 28.3. The zero-order valence-electron chi connectivity index (χ0n) is 12.8. The maximum Gasteiger partial charge on any atom is 0.223 e. The Balaban J connectivity index is 2.12. The van der Waals surface area contributed by atoms with Crippen molar-refractivity contribution in [3.63, 3.8) is 0 Å². The van der Waals surface area contributed by atoms with Gasteiger partial charge in [0.05, 0.1) is 37.0 Å². The Kier molecular flexibility index (Phi) is 3.24. The number of ether oxygens (including phenoxy) is 2. The highest BCUT2D eigenvalue weighted by Gasteiger charge is 2.48. The Hall–Kier alpha value is -1.56. The Morgan fingerprint density at radius 3 is 2.71 bits per heavy atom. The fraction of sp³-hybridized carbons (Fsp3) is 0.500. The summed E-state index contributed by atoms with van der Waals surface area (Å²) in [6.45, 7) is 3.50. The molecule has 1 fully saturated rings. The zero-order valence-corrected chi connectivity index (χ0v) is 12.8. The largest absolute Gasteiger partial charge is 0.503 e. The van der Waals surface area contributed by atoms with Gasteiger partial charge in [0.15, 0.2) is 11.4 Å². The van der Waals surface area contributed by atoms with E-state index in [2.05, 4.69) is 0 Å². The number of aliphatic hydroxyl groups is 1. The lowest BCUT2D eigenvalue weighted by Crippen LogP contribution is -3.09. The van der Waals surface area contributed by atoms with Crippen LogP contribution in [0.2, 0.25) is 0 Å². The highest BCUT2D eigenvalue weighted by Crippen LogP contribution is 2.41. The fourth-order valence-corrected chi connectivity index (χ4v) is 3.28. The molecule has 2 aliphatic rings. The van der Waals surface area contributed by atoms with Crippen molar-refractivity contribution in [2.75, 3.05) is 14.2 Å². The van der Waals surface area contributed by atoms with Crippen molar-refractivity contribution < 1.29 is 24.6 Å². The molecule has 3 atom stereocenters. The van der Waals surface area contributed by atoms with E-state index in [9.17, 15) is 10.2 Å². The molecule has 0 bridgehead atoms. The number of aromatic hydroxyl groups is 1. The Morgan fingerprint density at radius 2 is 2.10 bits per heavy atom. The van der Waals surface area contributed by atoms with E-state index >= 15 is 0 Å². The highest BCUT2D eigenvalue weighted by atomic mass is 16.5. The summed E-state index contributed by atoms with van der Waals surface area (Å²) in [5.41, 5.74) is 1.79. The molecule has 3 rings (SSSR count). The third kappa shape index (κ3) is 2.12. The first-order chi connectivity index (χ1) is 9.84. The summed E-state index contributed by atoms with van der Waals surface area (Å²) < 4.78 is 11.6. The van der Waals surface area contributed by atoms with Crippen molar-refractivity contribution in [1.29, 1.82) is 0 Å². The van der Waals surface area contributed by atoms with Gasteiger partial charge in [0.2, 0.25) is 6.23 Å². The number of nitrogens with one attached hydrogen (secondary N) is 1. The molecule has 0 aliphatic carbocycles. The first-order valence-electron chi connectivity index (χ1n) is 7.15. The lowest BCUT2D eigenvalue weighted by atomic mass is 9.93. The molecule has 0 saturated carbocycles. The fourth-order valence-electron chi connectivity index (χ4n) is 3.28. The molecule has 2 aliphatic heterocycles. The monoisotopic (exact) mass is 292 g/mol. The van der Waals surface area contributed by atoms with Crippen molar-refractivity contribution in [3.8, 4) is 5.75 Å². The standard InChI is InChI=1S/C16H21NO4/c1-16(2,19)12-8-10-14(20-4)9-6-5-7-11(18)13(9)17(3)15(10)21-12/h5-7,12,15,18-19H,8H2,1-4H3/p+1. The minimum atomic E-state index is -0.919. The lowest BCUT2D eigenvalue weighted by Gasteiger charge is -2.30. The van der Waals surface area contributed by atoms with Crippen LogP contribution in [0.5, 0.6) is 5.75 Å². The number of quaternary nitrogens is 1. The molecule has 21 heavy (non-hydrogen) atoms. The topological polar surface area (TPSA) is 63.4 Å². The lowest BCUT2D eigenvalue weighted by molar-refractivity contribution is -0.860. The second-order valence-electron chi connectivity index (χ2n) is 6.30. The number of likely N-dealkylation sites (N-methyl/N-ethyl adjacent to an activating group) is 1. The minimum absolute atomic E-state index is 0.230. The second kappa shape index (κ2) is 4.73. The molecule has 1 saturated heterocycles. The molecule has 3 N–H and O–H groups in total. The van der Waals surface area contributed by atoms with Crippen LogP contribution in [0.1, 0.15) is 25.8 Å². The van der Waals surface area contributed by atoms with Crippen LogP contribution in [-0.2, 0) is 9.47 Å². The first kappa shape index (κ1) is 14.4. The van der Waals surface area contributed by atoms with Crippen molar-refractivity contribution in [1.82, 2.24) is 0 Å². The molecular weight excluding hydrogens is 270 g/mol. The molecule has 0 aromatic heterocycles. The van der Waals surface area contributed by atoms with Gasteiger partial charge in [0, 0.05) is 6.42 Å². The number of hydrogen-bond acceptors (Lipinski definition) is 4. The van der Waals surface area contributed by atoms with Crippen LogP contribution in [0.3, 0.4) is 0 Å². The predicted molar refractivity (Wildman–Crippen MR) is 78.2 cm³/mol. The number of phenolic OH excluding ortho intramolecular Hbond substituents is 1. The van der Waals surface area contributed by atoms with Crippen molar-refractivity contribution >= 4 is 11.4 Å². The Labute approximate surface area is 124 Å². The van der Waals surface area contributed by atoms with Crippen LogP contribution in [0, 0.1) is 0 Å². The van der Waals surface area contributed by atoms with Gasteiger partial charge in [-0.1, -0.05) is 6.07 Å². The van der Waals surface area contributed by atoms with Gasteiger partial charge < -0.3 is 19.7 Å². The van der Waals surface area contributed by atoms with Gasteiger partial charge in [0.25, 0.3) is 0 Å². The van der Waals surface area contributed by atoms with E-state index in [1.165, 1.54) is 0 Å². The summed E-state index contributed by atoms with van der Waals surface area (Å²) in [5.74, 6) is 0.983. The number of fused-ring (bicyclic) bond motifs is 2. The summed E-state index contributed by atoms with van der Waals surface area (Å²) in [6, 6.07) is 5.42. The molecule has 3 unspecified atom stereocenters. The van der Waals surface area contributed by atoms with E-state index in [1.54, 1.807) is 27.0 Å². The smallest absolute Gasteiger partial charge is 0.223 e. The number of phenols is 1. The predicted octanol–water partition coefficient (Wildman–Crippen LogP) is 0.795. The number of benzene rings is 1. The molecule has 5 heteroatoms. The van der Waals surface area contributed by atoms with Gasteiger partial charge in [0.1, 0.15) is 5.76 Å². The summed E-state index contributed by atoms with van der Waals surface area (Å²) >= 11 is 0. The third-order valence-corrected chi connectivity index (χ3v) is 4.38. The number of methoxy groups -OCH3 is 1. The van der Waals surface area contributed by atoms with Crippen molar-refractivity contribution in [2.45, 2.75) is 38.2 Å². The maximum absolute atomic E-state index is 10.2. The van der Waals surface area contributed by atoms with Crippen LogP contribution in [0.4, 0.5) is 5.69 Å². The van der Waals surface area contributed by atoms with Gasteiger partial charge >= 0.3 is 0 Å². The van der Waals surface area contributed by atoms with Gasteiger partial charge in [-0.15, -0.1) is 0 Å². The number of hydrogen-bond donors (Lipinski definition) is 3. The van der Waals surface area contributed by atoms with Crippen molar-refractivity contribution in [2.24, 2.45) is 0 Å². The van der Waals surface area contributed by atoms with Crippen molar-refractivity contribution in [3.05, 3.63) is 29.3 Å². The van der Waals surface area contributed by atoms with Gasteiger partial charge in [-0.2, -0.15) is 0 Å². The molecule has 0 radical (unpaired) electrons. The highest BCUT2D eigenvalue weighted by molar-refractivity contribution is 5.76. The second-order valence-corrected chi connectivity index (χ2v) is 6.30. The van der Waals surface area contributed by atoms with E-state index in [1.807, 2.05) is 19.2 Å². The quantitative estimate of drug-likeness (QED) is 0.706. The van der Waals surface area contributed by atoms with Crippen LogP contribution >= 0.6 is 0 Å². The number of rotatable bonds is 2. The van der Waals surface area contributed by atoms with E-state index in [-0.39, 0.29) is 18.1 Å². The Morgan fingerprint density at radius 1 is 1.38 bits per heavy atom. The van der Waals surface area contributed by atoms with Gasteiger partial charge in [-0.3, -0.25) is 4.90 Å². The summed E-state index contributed by atoms with van der Waals surface area (Å²) in [4.78, 5) is 0.964. The van der Waals surface area contributed by atoms with Crippen LogP contribution < -0.4 is 4.90 Å². The van der Waals surface area contributed by atoms with Crippen LogP contribution in [0.15, 0.2) is 23.8 Å². The molecule has 0 amide bonds. The average molecular weight is 292 g/mol. The minimum Gasteiger partial charge on any atom is -0.503 e. The maximum atomic E-state index is 10.2. The molecule has 114 valence electrons. The van der Waals surface area contributed by atoms with E-state index < -0.39 is 5.60 Å². The number of para-hydroxylation sites is 1. The van der Waals surface area contributed by atoms with Crippen LogP contribution in [-0.4, -0.2) is 42.3 Å². The summed E-state index contributed by atoms with van der Waals surface area (Å²) in [6.07, 6.45) is 0.107.